The number of carbonyl (C=O) groups excluding carboxylic acids is 1. The summed E-state index contributed by atoms with van der Waals surface area (Å²) >= 11 is 0. The Morgan fingerprint density at radius 1 is 1.27 bits per heavy atom. The van der Waals surface area contributed by atoms with Crippen LogP contribution in [0.25, 0.3) is 10.9 Å². The van der Waals surface area contributed by atoms with Gasteiger partial charge >= 0.3 is 5.97 Å². The number of benzene rings is 1. The number of methoxy groups -OCH3 is 1. The quantitative estimate of drug-likeness (QED) is 0.826. The Morgan fingerprint density at radius 2 is 2.00 bits per heavy atom. The number of nitrogens with one attached hydrogen (secondary N) is 2. The normalized spacial score (nSPS) is 25.8. The minimum atomic E-state index is -0.364. The second-order valence-corrected chi connectivity index (χ2v) is 8.01. The molecule has 140 valence electrons. The van der Waals surface area contributed by atoms with Crippen LogP contribution in [0.3, 0.4) is 0 Å². The van der Waals surface area contributed by atoms with Crippen molar-refractivity contribution in [2.75, 3.05) is 20.3 Å². The molecule has 0 amide bonds. The van der Waals surface area contributed by atoms with Gasteiger partial charge in [0.25, 0.3) is 0 Å². The summed E-state index contributed by atoms with van der Waals surface area (Å²) in [5, 5.41) is 4.59. The van der Waals surface area contributed by atoms with E-state index < -0.39 is 0 Å². The molecule has 0 radical (unpaired) electrons. The molecule has 6 heteroatoms. The van der Waals surface area contributed by atoms with Crippen molar-refractivity contribution in [1.29, 1.82) is 0 Å². The molecule has 2 atom stereocenters. The zero-order chi connectivity index (χ0) is 18.3. The summed E-state index contributed by atoms with van der Waals surface area (Å²) in [7, 11) is 1.43. The van der Waals surface area contributed by atoms with E-state index in [1.165, 1.54) is 12.7 Å². The van der Waals surface area contributed by atoms with Gasteiger partial charge in [-0.25, -0.2) is 0 Å². The molecule has 0 saturated carbocycles. The van der Waals surface area contributed by atoms with E-state index in [9.17, 15) is 4.79 Å². The lowest BCUT2D eigenvalue weighted by molar-refractivity contribution is -0.226. The molecule has 2 unspecified atom stereocenters. The SMILES string of the molecule is COC(=O)C1Cc2c([nH]c3ccccc23)C(CC2OCC(C)(C)CO2)N1. The minimum absolute atomic E-state index is 0.0390. The molecule has 1 aromatic carbocycles. The van der Waals surface area contributed by atoms with Crippen LogP contribution < -0.4 is 5.32 Å². The maximum absolute atomic E-state index is 12.2. The van der Waals surface area contributed by atoms with Gasteiger partial charge in [-0.3, -0.25) is 10.1 Å². The van der Waals surface area contributed by atoms with Crippen LogP contribution in [0.1, 0.15) is 37.6 Å². The number of hydrogen-bond acceptors (Lipinski definition) is 5. The van der Waals surface area contributed by atoms with Crippen LogP contribution in [-0.4, -0.2) is 43.6 Å². The number of para-hydroxylation sites is 1. The van der Waals surface area contributed by atoms with E-state index in [1.807, 2.05) is 12.1 Å². The van der Waals surface area contributed by atoms with Crippen molar-refractivity contribution >= 4 is 16.9 Å². The largest absolute Gasteiger partial charge is 0.468 e. The Bertz CT molecular complexity index is 803. The number of carbonyl (C=O) groups is 1. The molecule has 3 heterocycles. The lowest BCUT2D eigenvalue weighted by Crippen LogP contribution is -2.47. The fourth-order valence-corrected chi connectivity index (χ4v) is 3.86. The van der Waals surface area contributed by atoms with Crippen molar-refractivity contribution in [3.63, 3.8) is 0 Å². The molecule has 6 nitrogen and oxygen atoms in total. The standard InChI is InChI=1S/C20H26N2O4/c1-20(2)10-25-17(26-11-20)9-15-18-13(8-16(21-15)19(23)24-3)12-6-4-5-7-14(12)22-18/h4-7,15-17,21-22H,8-11H2,1-3H3. The number of aromatic amines is 1. The summed E-state index contributed by atoms with van der Waals surface area (Å²) in [4.78, 5) is 15.7. The highest BCUT2D eigenvalue weighted by atomic mass is 16.7. The highest BCUT2D eigenvalue weighted by Crippen LogP contribution is 2.35. The second kappa shape index (κ2) is 6.68. The van der Waals surface area contributed by atoms with Crippen LogP contribution in [0, 0.1) is 5.41 Å². The summed E-state index contributed by atoms with van der Waals surface area (Å²) < 4.78 is 16.8. The van der Waals surface area contributed by atoms with Gasteiger partial charge in [0.15, 0.2) is 6.29 Å². The number of fused-ring (bicyclic) bond motifs is 3. The van der Waals surface area contributed by atoms with Gasteiger partial charge in [-0.05, 0) is 11.6 Å². The zero-order valence-electron chi connectivity index (χ0n) is 15.5. The number of ether oxygens (including phenoxy) is 3. The summed E-state index contributed by atoms with van der Waals surface area (Å²) in [6.45, 7) is 5.60. The topological polar surface area (TPSA) is 72.6 Å². The lowest BCUT2D eigenvalue weighted by atomic mass is 9.91. The molecule has 2 aromatic rings. The maximum Gasteiger partial charge on any atom is 0.323 e. The highest BCUT2D eigenvalue weighted by molar-refractivity contribution is 5.87. The predicted octanol–water partition coefficient (Wildman–Crippen LogP) is 2.69. The highest BCUT2D eigenvalue weighted by Gasteiger charge is 2.37. The summed E-state index contributed by atoms with van der Waals surface area (Å²) in [5.41, 5.74) is 3.41. The first-order valence-electron chi connectivity index (χ1n) is 9.13. The van der Waals surface area contributed by atoms with Gasteiger partial charge in [-0.1, -0.05) is 32.0 Å². The first kappa shape index (κ1) is 17.5. The molecule has 2 N–H and O–H groups in total. The molecule has 0 aliphatic carbocycles. The van der Waals surface area contributed by atoms with Crippen LogP contribution in [0.4, 0.5) is 0 Å². The molecule has 26 heavy (non-hydrogen) atoms. The lowest BCUT2D eigenvalue weighted by Gasteiger charge is -2.37. The Hall–Kier alpha value is -1.89. The van der Waals surface area contributed by atoms with Crippen molar-refractivity contribution in [3.05, 3.63) is 35.5 Å². The third-order valence-corrected chi connectivity index (χ3v) is 5.24. The van der Waals surface area contributed by atoms with E-state index >= 15 is 0 Å². The number of aromatic nitrogens is 1. The smallest absolute Gasteiger partial charge is 0.323 e. The van der Waals surface area contributed by atoms with Crippen molar-refractivity contribution < 1.29 is 19.0 Å². The molecule has 0 spiro atoms. The molecule has 0 bridgehead atoms. The van der Waals surface area contributed by atoms with E-state index in [2.05, 4.69) is 36.3 Å². The second-order valence-electron chi connectivity index (χ2n) is 8.01. The van der Waals surface area contributed by atoms with Gasteiger partial charge in [0.2, 0.25) is 0 Å². The van der Waals surface area contributed by atoms with Crippen molar-refractivity contribution in [2.45, 2.75) is 45.1 Å². The average Bonchev–Trinajstić information content (AvgIpc) is 3.02. The Labute approximate surface area is 153 Å². The number of H-pyrrole nitrogens is 1. The van der Waals surface area contributed by atoms with E-state index in [-0.39, 0.29) is 29.8 Å². The van der Waals surface area contributed by atoms with Gasteiger partial charge in [0, 0.05) is 34.9 Å². The monoisotopic (exact) mass is 358 g/mol. The van der Waals surface area contributed by atoms with Crippen molar-refractivity contribution in [1.82, 2.24) is 10.3 Å². The molecule has 1 fully saturated rings. The summed E-state index contributed by atoms with van der Waals surface area (Å²) in [6, 6.07) is 7.78. The van der Waals surface area contributed by atoms with Crippen LogP contribution in [0.5, 0.6) is 0 Å². The predicted molar refractivity (Wildman–Crippen MR) is 97.8 cm³/mol. The Morgan fingerprint density at radius 3 is 2.73 bits per heavy atom. The third kappa shape index (κ3) is 3.24. The van der Waals surface area contributed by atoms with Crippen LogP contribution >= 0.6 is 0 Å². The molecule has 2 aliphatic rings. The number of esters is 1. The van der Waals surface area contributed by atoms with Gasteiger partial charge in [0.1, 0.15) is 6.04 Å². The van der Waals surface area contributed by atoms with Crippen molar-refractivity contribution in [2.24, 2.45) is 5.41 Å². The molecule has 2 aliphatic heterocycles. The van der Waals surface area contributed by atoms with Gasteiger partial charge in [0.05, 0.1) is 26.4 Å². The van der Waals surface area contributed by atoms with Crippen LogP contribution in [-0.2, 0) is 25.4 Å². The van der Waals surface area contributed by atoms with Gasteiger partial charge < -0.3 is 19.2 Å². The van der Waals surface area contributed by atoms with E-state index in [0.29, 0.717) is 26.1 Å². The van der Waals surface area contributed by atoms with E-state index in [1.54, 1.807) is 0 Å². The van der Waals surface area contributed by atoms with Gasteiger partial charge in [-0.15, -0.1) is 0 Å². The average molecular weight is 358 g/mol. The molecular formula is C20H26N2O4. The van der Waals surface area contributed by atoms with E-state index in [0.717, 1.165) is 16.6 Å². The van der Waals surface area contributed by atoms with E-state index in [4.69, 9.17) is 14.2 Å². The summed E-state index contributed by atoms with van der Waals surface area (Å²) in [6.07, 6.45) is 0.974. The van der Waals surface area contributed by atoms with Crippen LogP contribution in [0.2, 0.25) is 0 Å². The Balaban J connectivity index is 1.62. The zero-order valence-corrected chi connectivity index (χ0v) is 15.5. The molecular weight excluding hydrogens is 332 g/mol. The first-order valence-corrected chi connectivity index (χ1v) is 9.13. The number of rotatable bonds is 3. The maximum atomic E-state index is 12.2. The molecule has 1 saturated heterocycles. The first-order chi connectivity index (χ1) is 12.5. The van der Waals surface area contributed by atoms with Crippen LogP contribution in [0.15, 0.2) is 24.3 Å². The van der Waals surface area contributed by atoms with Gasteiger partial charge in [-0.2, -0.15) is 0 Å². The molecule has 1 aromatic heterocycles. The Kier molecular flexibility index (Phi) is 4.50. The molecule has 4 rings (SSSR count). The number of hydrogen-bond donors (Lipinski definition) is 2. The fraction of sp³-hybridized carbons (Fsp3) is 0.550. The third-order valence-electron chi connectivity index (χ3n) is 5.24. The minimum Gasteiger partial charge on any atom is -0.468 e. The fourth-order valence-electron chi connectivity index (χ4n) is 3.86. The summed E-state index contributed by atoms with van der Waals surface area (Å²) in [5.74, 6) is -0.238. The van der Waals surface area contributed by atoms with Crippen molar-refractivity contribution in [3.8, 4) is 0 Å².